The highest BCUT2D eigenvalue weighted by atomic mass is 16.5. The number of nitrogens with two attached hydrogens (primary N) is 1. The number of methoxy groups -OCH3 is 1. The van der Waals surface area contributed by atoms with E-state index in [9.17, 15) is 0 Å². The van der Waals surface area contributed by atoms with E-state index in [2.05, 4.69) is 80.7 Å². The summed E-state index contributed by atoms with van der Waals surface area (Å²) < 4.78 is 11.7. The van der Waals surface area contributed by atoms with Crippen LogP contribution in [0.1, 0.15) is 63.1 Å². The first-order valence-corrected chi connectivity index (χ1v) is 10.7. The van der Waals surface area contributed by atoms with Gasteiger partial charge in [-0.3, -0.25) is 0 Å². The normalized spacial score (nSPS) is 21.1. The van der Waals surface area contributed by atoms with Crippen molar-refractivity contribution < 1.29 is 14.8 Å². The summed E-state index contributed by atoms with van der Waals surface area (Å²) in [4.78, 5) is 0. The zero-order valence-electron chi connectivity index (χ0n) is 17.9. The van der Waals surface area contributed by atoms with Gasteiger partial charge in [-0.2, -0.15) is 0 Å². The summed E-state index contributed by atoms with van der Waals surface area (Å²) in [5.41, 5.74) is 2.71. The fourth-order valence-electron chi connectivity index (χ4n) is 4.66. The lowest BCUT2D eigenvalue weighted by molar-refractivity contribution is -0.693. The van der Waals surface area contributed by atoms with Crippen molar-refractivity contribution in [3.8, 4) is 5.75 Å². The highest BCUT2D eigenvalue weighted by molar-refractivity contribution is 5.36. The van der Waals surface area contributed by atoms with Crippen molar-refractivity contribution >= 4 is 0 Å². The molecule has 1 saturated heterocycles. The van der Waals surface area contributed by atoms with Gasteiger partial charge in [0.15, 0.2) is 0 Å². The van der Waals surface area contributed by atoms with Crippen LogP contribution in [0.15, 0.2) is 54.6 Å². The number of hydrogen-bond acceptors (Lipinski definition) is 2. The summed E-state index contributed by atoms with van der Waals surface area (Å²) in [6.45, 7) is 8.71. The van der Waals surface area contributed by atoms with E-state index in [1.165, 1.54) is 11.1 Å². The predicted octanol–water partition coefficient (Wildman–Crippen LogP) is 4.70. The zero-order valence-corrected chi connectivity index (χ0v) is 17.9. The molecule has 2 aromatic carbocycles. The van der Waals surface area contributed by atoms with Crippen molar-refractivity contribution in [3.05, 3.63) is 65.7 Å². The van der Waals surface area contributed by atoms with Crippen LogP contribution in [0.2, 0.25) is 0 Å². The third-order valence-electron chi connectivity index (χ3n) is 6.17. The minimum Gasteiger partial charge on any atom is -0.496 e. The topological polar surface area (TPSA) is 35.1 Å². The maximum Gasteiger partial charge on any atom is 0.122 e. The number of quaternary nitrogens is 1. The van der Waals surface area contributed by atoms with Crippen LogP contribution in [0.3, 0.4) is 0 Å². The van der Waals surface area contributed by atoms with Gasteiger partial charge in [0.05, 0.1) is 19.3 Å². The van der Waals surface area contributed by atoms with E-state index in [0.29, 0.717) is 17.9 Å². The molecule has 1 fully saturated rings. The Balaban J connectivity index is 1.73. The number of para-hydroxylation sites is 1. The van der Waals surface area contributed by atoms with E-state index in [4.69, 9.17) is 9.47 Å². The standard InChI is InChI=1S/C25H35NO2/c1-19(20-10-6-5-7-11-20)26-16-14-22(21-15-17-28-25(2,3)18-21)23-12-8-9-13-24(23)27-4/h5-13,19,21-22,26H,14-18H2,1-4H3/p+1/t19-,21-,22-/m1/s1. The SMILES string of the molecule is COc1ccccc1[C@H](CC[NH2+][C@H](C)c1ccccc1)[C@@H]1CCOC(C)(C)C1. The second kappa shape index (κ2) is 9.58. The van der Waals surface area contributed by atoms with Gasteiger partial charge in [-0.1, -0.05) is 48.5 Å². The molecule has 0 bridgehead atoms. The predicted molar refractivity (Wildman–Crippen MR) is 115 cm³/mol. The molecule has 3 rings (SSSR count). The first-order valence-electron chi connectivity index (χ1n) is 10.7. The highest BCUT2D eigenvalue weighted by Gasteiger charge is 2.35. The molecule has 0 saturated carbocycles. The molecule has 3 heteroatoms. The van der Waals surface area contributed by atoms with Crippen molar-refractivity contribution in [2.24, 2.45) is 5.92 Å². The Bertz CT molecular complexity index is 728. The van der Waals surface area contributed by atoms with Crippen molar-refractivity contribution in [3.63, 3.8) is 0 Å². The Kier molecular flexibility index (Phi) is 7.14. The van der Waals surface area contributed by atoms with Gasteiger partial charge < -0.3 is 14.8 Å². The van der Waals surface area contributed by atoms with Crippen LogP contribution in [0.4, 0.5) is 0 Å². The van der Waals surface area contributed by atoms with Crippen LogP contribution in [0, 0.1) is 5.92 Å². The molecule has 28 heavy (non-hydrogen) atoms. The number of hydrogen-bond donors (Lipinski definition) is 1. The Labute approximate surface area is 170 Å². The molecular weight excluding hydrogens is 346 g/mol. The van der Waals surface area contributed by atoms with E-state index in [-0.39, 0.29) is 5.60 Å². The molecule has 1 aliphatic rings. The van der Waals surface area contributed by atoms with Crippen LogP contribution in [0.25, 0.3) is 0 Å². The Morgan fingerprint density at radius 2 is 1.82 bits per heavy atom. The number of rotatable bonds is 8. The van der Waals surface area contributed by atoms with Crippen LogP contribution >= 0.6 is 0 Å². The summed E-state index contributed by atoms with van der Waals surface area (Å²) in [5.74, 6) is 2.15. The molecule has 3 nitrogen and oxygen atoms in total. The molecular formula is C25H36NO2+. The third-order valence-corrected chi connectivity index (χ3v) is 6.17. The minimum absolute atomic E-state index is 0.0375. The second-order valence-electron chi connectivity index (χ2n) is 8.72. The molecule has 0 amide bonds. The van der Waals surface area contributed by atoms with Gasteiger partial charge in [0.2, 0.25) is 0 Å². The summed E-state index contributed by atoms with van der Waals surface area (Å²) in [6, 6.07) is 19.8. The monoisotopic (exact) mass is 382 g/mol. The van der Waals surface area contributed by atoms with Crippen molar-refractivity contribution in [1.82, 2.24) is 0 Å². The molecule has 0 spiro atoms. The van der Waals surface area contributed by atoms with Gasteiger partial charge in [-0.05, 0) is 57.1 Å². The van der Waals surface area contributed by atoms with E-state index in [1.807, 2.05) is 0 Å². The van der Waals surface area contributed by atoms with Crippen molar-refractivity contribution in [1.29, 1.82) is 0 Å². The van der Waals surface area contributed by atoms with Gasteiger partial charge in [0, 0.05) is 18.6 Å². The molecule has 152 valence electrons. The quantitative estimate of drug-likeness (QED) is 0.718. The summed E-state index contributed by atoms with van der Waals surface area (Å²) >= 11 is 0. The Morgan fingerprint density at radius 3 is 2.54 bits per heavy atom. The van der Waals surface area contributed by atoms with Gasteiger partial charge in [-0.15, -0.1) is 0 Å². The average molecular weight is 383 g/mol. The second-order valence-corrected chi connectivity index (χ2v) is 8.72. The lowest BCUT2D eigenvalue weighted by Crippen LogP contribution is -2.84. The van der Waals surface area contributed by atoms with Crippen LogP contribution < -0.4 is 10.1 Å². The fourth-order valence-corrected chi connectivity index (χ4v) is 4.66. The molecule has 0 radical (unpaired) electrons. The Hall–Kier alpha value is -1.84. The third kappa shape index (κ3) is 5.36. The van der Waals surface area contributed by atoms with Crippen LogP contribution in [0.5, 0.6) is 5.75 Å². The molecule has 1 heterocycles. The van der Waals surface area contributed by atoms with E-state index in [0.717, 1.165) is 38.2 Å². The van der Waals surface area contributed by atoms with Crippen molar-refractivity contribution in [2.45, 2.75) is 57.6 Å². The van der Waals surface area contributed by atoms with E-state index >= 15 is 0 Å². The highest BCUT2D eigenvalue weighted by Crippen LogP contribution is 2.42. The lowest BCUT2D eigenvalue weighted by Gasteiger charge is -2.39. The molecule has 2 N–H and O–H groups in total. The van der Waals surface area contributed by atoms with Crippen molar-refractivity contribution in [2.75, 3.05) is 20.3 Å². The Morgan fingerprint density at radius 1 is 1.11 bits per heavy atom. The summed E-state index contributed by atoms with van der Waals surface area (Å²) in [6.07, 6.45) is 3.38. The lowest BCUT2D eigenvalue weighted by atomic mass is 9.75. The zero-order chi connectivity index (χ0) is 20.0. The smallest absolute Gasteiger partial charge is 0.122 e. The number of ether oxygens (including phenoxy) is 2. The molecule has 1 aliphatic heterocycles. The first-order chi connectivity index (χ1) is 13.5. The van der Waals surface area contributed by atoms with Gasteiger partial charge in [0.25, 0.3) is 0 Å². The fraction of sp³-hybridized carbons (Fsp3) is 0.520. The van der Waals surface area contributed by atoms with Gasteiger partial charge in [0.1, 0.15) is 11.8 Å². The van der Waals surface area contributed by atoms with Gasteiger partial charge in [-0.25, -0.2) is 0 Å². The molecule has 3 atom stereocenters. The summed E-state index contributed by atoms with van der Waals surface area (Å²) in [5, 5.41) is 2.47. The first kappa shape index (κ1) is 20.9. The maximum atomic E-state index is 6.00. The van der Waals surface area contributed by atoms with Crippen LogP contribution in [-0.2, 0) is 4.74 Å². The van der Waals surface area contributed by atoms with Crippen LogP contribution in [-0.4, -0.2) is 25.9 Å². The van der Waals surface area contributed by atoms with E-state index in [1.54, 1.807) is 7.11 Å². The largest absolute Gasteiger partial charge is 0.496 e. The summed E-state index contributed by atoms with van der Waals surface area (Å²) in [7, 11) is 1.79. The molecule has 0 unspecified atom stereocenters. The van der Waals surface area contributed by atoms with Gasteiger partial charge >= 0.3 is 0 Å². The molecule has 2 aromatic rings. The van der Waals surface area contributed by atoms with E-state index < -0.39 is 0 Å². The average Bonchev–Trinajstić information content (AvgIpc) is 2.71. The number of benzene rings is 2. The molecule has 0 aromatic heterocycles. The molecule has 0 aliphatic carbocycles. The minimum atomic E-state index is -0.0375. The maximum absolute atomic E-state index is 6.00.